The lowest BCUT2D eigenvalue weighted by molar-refractivity contribution is -0.534. The zero-order valence-electron chi connectivity index (χ0n) is 13.4. The predicted molar refractivity (Wildman–Crippen MR) is 73.2 cm³/mol. The van der Waals surface area contributed by atoms with Gasteiger partial charge in [0.05, 0.1) is 26.4 Å². The Morgan fingerprint density at radius 3 is 1.10 bits per heavy atom. The summed E-state index contributed by atoms with van der Waals surface area (Å²) < 4.78 is 33.0. The molecule has 0 bridgehead atoms. The molecule has 121 valence electrons. The van der Waals surface area contributed by atoms with Crippen molar-refractivity contribution in [3.05, 3.63) is 7.05 Å². The molecule has 0 unspecified atom stereocenters. The van der Waals surface area contributed by atoms with Gasteiger partial charge >= 0.3 is 12.2 Å². The van der Waals surface area contributed by atoms with Gasteiger partial charge in [0.1, 0.15) is 0 Å². The number of rotatable bonds is 12. The number of hydrogen-bond donors (Lipinski definition) is 0. The van der Waals surface area contributed by atoms with E-state index in [-0.39, 0.29) is 0 Å². The molecule has 7 nitrogen and oxygen atoms in total. The molecule has 0 rings (SSSR count). The van der Waals surface area contributed by atoms with Gasteiger partial charge in [0.2, 0.25) is 0 Å². The van der Waals surface area contributed by atoms with E-state index in [1.54, 1.807) is 0 Å². The Bertz CT molecular complexity index is 215. The van der Waals surface area contributed by atoms with Crippen molar-refractivity contribution in [2.75, 3.05) is 40.6 Å². The normalized spacial score (nSPS) is 13.2. The Balaban J connectivity index is 5.46. The summed E-state index contributed by atoms with van der Waals surface area (Å²) >= 11 is 0. The molecule has 0 aliphatic heterocycles. The van der Waals surface area contributed by atoms with Gasteiger partial charge in [0.15, 0.2) is 0 Å². The van der Waals surface area contributed by atoms with Crippen molar-refractivity contribution >= 4 is 0 Å². The molecule has 0 N–H and O–H groups in total. The van der Waals surface area contributed by atoms with Crippen LogP contribution in [0.2, 0.25) is 0 Å². The summed E-state index contributed by atoms with van der Waals surface area (Å²) in [6.45, 7) is 8.64. The van der Waals surface area contributed by atoms with Gasteiger partial charge in [-0.15, -0.1) is 4.90 Å². The highest BCUT2D eigenvalue weighted by Crippen LogP contribution is 2.31. The minimum Gasteiger partial charge on any atom is -0.317 e. The fraction of sp³-hybridized carbons (Fsp3) is 0.923. The Kier molecular flexibility index (Phi) is 9.48. The van der Waals surface area contributed by atoms with Crippen molar-refractivity contribution in [3.63, 3.8) is 0 Å². The second-order valence-corrected chi connectivity index (χ2v) is 3.62. The van der Waals surface area contributed by atoms with E-state index in [9.17, 15) is 0 Å². The second kappa shape index (κ2) is 9.62. The molecule has 1 radical (unpaired) electrons. The molecule has 0 aromatic heterocycles. The molecule has 0 aromatic carbocycles. The Morgan fingerprint density at radius 2 is 0.950 bits per heavy atom. The third-order valence-electron chi connectivity index (χ3n) is 2.48. The molecular weight excluding hydrogens is 266 g/mol. The molecule has 0 aromatic rings. The molecular formula is C13H28NO6. The van der Waals surface area contributed by atoms with Crippen LogP contribution in [0.4, 0.5) is 0 Å². The maximum absolute atomic E-state index is 5.56. The van der Waals surface area contributed by atoms with E-state index in [1.165, 1.54) is 19.1 Å². The Morgan fingerprint density at radius 1 is 0.700 bits per heavy atom. The summed E-state index contributed by atoms with van der Waals surface area (Å²) in [6.07, 6.45) is -3.13. The van der Waals surface area contributed by atoms with Crippen molar-refractivity contribution in [2.45, 2.75) is 39.9 Å². The first-order chi connectivity index (χ1) is 9.52. The number of nitrogens with zero attached hydrogens (tertiary/aromatic N) is 1. The van der Waals surface area contributed by atoms with Gasteiger partial charge in [0.25, 0.3) is 0 Å². The van der Waals surface area contributed by atoms with E-state index in [1.807, 2.05) is 27.7 Å². The number of methoxy groups -OCH3 is 2. The van der Waals surface area contributed by atoms with Crippen LogP contribution in [0.5, 0.6) is 0 Å². The second-order valence-electron chi connectivity index (χ2n) is 3.62. The van der Waals surface area contributed by atoms with Crippen LogP contribution in [-0.4, -0.2) is 57.7 Å². The van der Waals surface area contributed by atoms with E-state index in [2.05, 4.69) is 7.05 Å². The predicted octanol–water partition coefficient (Wildman–Crippen LogP) is 1.74. The van der Waals surface area contributed by atoms with E-state index < -0.39 is 12.2 Å². The topological polar surface area (TPSA) is 58.6 Å². The van der Waals surface area contributed by atoms with Gasteiger partial charge in [-0.2, -0.15) is 0 Å². The highest BCUT2D eigenvalue weighted by molar-refractivity contribution is 4.69. The van der Waals surface area contributed by atoms with Gasteiger partial charge in [-0.3, -0.25) is 0 Å². The quantitative estimate of drug-likeness (QED) is 0.508. The van der Waals surface area contributed by atoms with Crippen LogP contribution >= 0.6 is 0 Å². The first-order valence-corrected chi connectivity index (χ1v) is 6.79. The van der Waals surface area contributed by atoms with E-state index in [4.69, 9.17) is 28.4 Å². The maximum atomic E-state index is 5.56. The SMILES string of the molecule is [CH2]N(C(OC)(OCC)OCC)C(OC)(OCC)OCC. The molecule has 0 saturated carbocycles. The maximum Gasteiger partial charge on any atom is 0.359 e. The Hall–Kier alpha value is -0.280. The fourth-order valence-corrected chi connectivity index (χ4v) is 1.75. The van der Waals surface area contributed by atoms with Crippen molar-refractivity contribution < 1.29 is 28.4 Å². The standard InChI is InChI=1S/C13H28NO6/c1-8-17-12(15-6,18-9-2)14(5)13(16-7,19-10-3)20-11-4/h5,8-11H2,1-4,6-7H3. The molecule has 7 heteroatoms. The molecule has 0 heterocycles. The van der Waals surface area contributed by atoms with Crippen LogP contribution in [0.1, 0.15) is 27.7 Å². The zero-order valence-corrected chi connectivity index (χ0v) is 13.4. The average Bonchev–Trinajstić information content (AvgIpc) is 2.45. The molecule has 0 aliphatic rings. The highest BCUT2D eigenvalue weighted by atomic mass is 16.9. The van der Waals surface area contributed by atoms with Crippen LogP contribution in [0.25, 0.3) is 0 Å². The smallest absolute Gasteiger partial charge is 0.317 e. The van der Waals surface area contributed by atoms with Crippen molar-refractivity contribution in [1.82, 2.24) is 4.90 Å². The van der Waals surface area contributed by atoms with Crippen LogP contribution < -0.4 is 0 Å². The van der Waals surface area contributed by atoms with Crippen molar-refractivity contribution in [2.24, 2.45) is 0 Å². The molecule has 0 amide bonds. The Labute approximate surface area is 122 Å². The molecule has 20 heavy (non-hydrogen) atoms. The largest absolute Gasteiger partial charge is 0.359 e. The van der Waals surface area contributed by atoms with Crippen LogP contribution in [-0.2, 0) is 28.4 Å². The lowest BCUT2D eigenvalue weighted by Crippen LogP contribution is -2.64. The first-order valence-electron chi connectivity index (χ1n) is 6.79. The van der Waals surface area contributed by atoms with Crippen LogP contribution in [0.3, 0.4) is 0 Å². The molecule has 0 aliphatic carbocycles. The number of hydrogen-bond acceptors (Lipinski definition) is 7. The van der Waals surface area contributed by atoms with E-state index in [0.717, 1.165) is 0 Å². The lowest BCUT2D eigenvalue weighted by Gasteiger charge is -2.46. The van der Waals surface area contributed by atoms with Gasteiger partial charge in [0, 0.05) is 21.3 Å². The van der Waals surface area contributed by atoms with Crippen LogP contribution in [0.15, 0.2) is 0 Å². The summed E-state index contributed by atoms with van der Waals surface area (Å²) in [6, 6.07) is 0. The molecule has 0 saturated heterocycles. The van der Waals surface area contributed by atoms with Gasteiger partial charge in [-0.25, -0.2) is 0 Å². The molecule has 0 atom stereocenters. The van der Waals surface area contributed by atoms with E-state index in [0.29, 0.717) is 26.4 Å². The summed E-state index contributed by atoms with van der Waals surface area (Å²) in [5.41, 5.74) is 0. The fourth-order valence-electron chi connectivity index (χ4n) is 1.75. The summed E-state index contributed by atoms with van der Waals surface area (Å²) in [5, 5.41) is 0. The number of ether oxygens (including phenoxy) is 6. The van der Waals surface area contributed by atoms with Gasteiger partial charge in [-0.05, 0) is 27.7 Å². The lowest BCUT2D eigenvalue weighted by atomic mass is 10.6. The summed E-state index contributed by atoms with van der Waals surface area (Å²) in [7, 11) is 6.77. The van der Waals surface area contributed by atoms with E-state index >= 15 is 0 Å². The summed E-state index contributed by atoms with van der Waals surface area (Å²) in [5.74, 6) is 0. The highest BCUT2D eigenvalue weighted by Gasteiger charge is 2.52. The third-order valence-corrected chi connectivity index (χ3v) is 2.48. The van der Waals surface area contributed by atoms with Gasteiger partial charge in [-0.1, -0.05) is 0 Å². The van der Waals surface area contributed by atoms with Crippen LogP contribution in [0, 0.1) is 7.05 Å². The molecule has 0 fully saturated rings. The third kappa shape index (κ3) is 4.36. The average molecular weight is 294 g/mol. The van der Waals surface area contributed by atoms with Crippen molar-refractivity contribution in [3.8, 4) is 0 Å². The molecule has 0 spiro atoms. The minimum absolute atomic E-state index is 0.345. The van der Waals surface area contributed by atoms with Crippen molar-refractivity contribution in [1.29, 1.82) is 0 Å². The summed E-state index contributed by atoms with van der Waals surface area (Å²) in [4.78, 5) is 1.25. The zero-order chi connectivity index (χ0) is 15.6. The first kappa shape index (κ1) is 19.7. The van der Waals surface area contributed by atoms with Gasteiger partial charge < -0.3 is 28.4 Å². The monoisotopic (exact) mass is 294 g/mol. The minimum atomic E-state index is -1.57.